The van der Waals surface area contributed by atoms with Crippen molar-refractivity contribution in [3.05, 3.63) is 10.7 Å². The van der Waals surface area contributed by atoms with Gasteiger partial charge in [-0.3, -0.25) is 0 Å². The van der Waals surface area contributed by atoms with Crippen LogP contribution in [0.1, 0.15) is 0 Å². The third-order valence-corrected chi connectivity index (χ3v) is 1.75. The number of nitrogens with zero attached hydrogens (tertiary/aromatic N) is 2. The van der Waals surface area contributed by atoms with Crippen LogP contribution in [0.3, 0.4) is 0 Å². The van der Waals surface area contributed by atoms with E-state index >= 15 is 0 Å². The molecule has 0 fully saturated rings. The van der Waals surface area contributed by atoms with Gasteiger partial charge in [-0.1, -0.05) is 0 Å². The molecule has 1 amide bonds. The molecule has 0 radical (unpaired) electrons. The monoisotopic (exact) mass is 275 g/mol. The maximum atomic E-state index is 10.2. The van der Waals surface area contributed by atoms with Crippen LogP contribution in [0.5, 0.6) is 0 Å². The van der Waals surface area contributed by atoms with Crippen molar-refractivity contribution in [2.75, 3.05) is 24.2 Å². The Labute approximate surface area is 94.3 Å². The van der Waals surface area contributed by atoms with Gasteiger partial charge in [0.1, 0.15) is 17.0 Å². The van der Waals surface area contributed by atoms with Gasteiger partial charge in [-0.2, -0.15) is 4.98 Å². The van der Waals surface area contributed by atoms with Crippen LogP contribution in [0.4, 0.5) is 16.6 Å². The summed E-state index contributed by atoms with van der Waals surface area (Å²) in [7, 11) is 0. The number of halogens is 1. The molecule has 0 aliphatic rings. The predicted molar refractivity (Wildman–Crippen MR) is 58.2 cm³/mol. The van der Waals surface area contributed by atoms with E-state index in [0.29, 0.717) is 22.9 Å². The van der Waals surface area contributed by atoms with Gasteiger partial charge in [-0.25, -0.2) is 9.78 Å². The maximum absolute atomic E-state index is 10.2. The number of nitrogens with one attached hydrogen (secondary N) is 1. The molecule has 0 bridgehead atoms. The van der Waals surface area contributed by atoms with Crippen molar-refractivity contribution in [3.8, 4) is 0 Å². The van der Waals surface area contributed by atoms with Gasteiger partial charge in [0.05, 0.1) is 6.54 Å². The molecule has 0 atom stereocenters. The van der Waals surface area contributed by atoms with Crippen LogP contribution in [0.25, 0.3) is 0 Å². The summed E-state index contributed by atoms with van der Waals surface area (Å²) < 4.78 is 5.08. The number of nitrogens with two attached hydrogens (primary N) is 2. The molecule has 1 rings (SSSR count). The van der Waals surface area contributed by atoms with Gasteiger partial charge in [0.25, 0.3) is 0 Å². The first-order chi connectivity index (χ1) is 7.08. The van der Waals surface area contributed by atoms with E-state index in [4.69, 9.17) is 11.5 Å². The van der Waals surface area contributed by atoms with E-state index in [9.17, 15) is 4.79 Å². The molecule has 0 aliphatic heterocycles. The second-order valence-corrected chi connectivity index (χ2v) is 3.35. The lowest BCUT2D eigenvalue weighted by atomic mass is 10.6. The van der Waals surface area contributed by atoms with Crippen LogP contribution >= 0.6 is 15.9 Å². The Morgan fingerprint density at radius 3 is 2.93 bits per heavy atom. The van der Waals surface area contributed by atoms with E-state index in [2.05, 4.69) is 36.0 Å². The molecule has 0 aromatic carbocycles. The summed E-state index contributed by atoms with van der Waals surface area (Å²) in [5.41, 5.74) is 10.3. The van der Waals surface area contributed by atoms with E-state index in [1.807, 2.05) is 0 Å². The normalized spacial score (nSPS) is 9.67. The highest BCUT2D eigenvalue weighted by molar-refractivity contribution is 9.10. The largest absolute Gasteiger partial charge is 0.448 e. The molecule has 0 saturated carbocycles. The second kappa shape index (κ2) is 5.35. The lowest BCUT2D eigenvalue weighted by molar-refractivity contribution is 0.161. The summed E-state index contributed by atoms with van der Waals surface area (Å²) in [6.07, 6.45) is -0.813. The fourth-order valence-corrected chi connectivity index (χ4v) is 1.23. The Balaban J connectivity index is 2.40. The molecule has 8 heteroatoms. The van der Waals surface area contributed by atoms with Crippen molar-refractivity contribution >= 4 is 33.8 Å². The van der Waals surface area contributed by atoms with Crippen LogP contribution in [0.15, 0.2) is 10.7 Å². The van der Waals surface area contributed by atoms with Crippen LogP contribution in [-0.2, 0) is 4.74 Å². The fraction of sp³-hybridized carbons (Fsp3) is 0.286. The van der Waals surface area contributed by atoms with E-state index in [-0.39, 0.29) is 6.61 Å². The Morgan fingerprint density at radius 2 is 2.33 bits per heavy atom. The van der Waals surface area contributed by atoms with Crippen LogP contribution in [0.2, 0.25) is 0 Å². The summed E-state index contributed by atoms with van der Waals surface area (Å²) in [5, 5.41) is 2.82. The average molecular weight is 276 g/mol. The Kier molecular flexibility index (Phi) is 4.10. The van der Waals surface area contributed by atoms with Gasteiger partial charge in [0.2, 0.25) is 5.95 Å². The molecule has 0 unspecified atom stereocenters. The van der Waals surface area contributed by atoms with Gasteiger partial charge in [0, 0.05) is 6.07 Å². The summed E-state index contributed by atoms with van der Waals surface area (Å²) >= 11 is 3.17. The highest BCUT2D eigenvalue weighted by Crippen LogP contribution is 2.11. The quantitative estimate of drug-likeness (QED) is 0.539. The molecule has 0 aliphatic carbocycles. The second-order valence-electron chi connectivity index (χ2n) is 2.53. The molecule has 15 heavy (non-hydrogen) atoms. The van der Waals surface area contributed by atoms with Crippen LogP contribution in [-0.4, -0.2) is 29.2 Å². The SMILES string of the molecule is NC(=O)OCCNc1nc(N)cc(Br)n1. The van der Waals surface area contributed by atoms with Gasteiger partial charge in [-0.15, -0.1) is 0 Å². The summed E-state index contributed by atoms with van der Waals surface area (Å²) in [5.74, 6) is 0.699. The number of hydrogen-bond donors (Lipinski definition) is 3. The topological polar surface area (TPSA) is 116 Å². The number of carbonyl (C=O) groups is 1. The van der Waals surface area contributed by atoms with Crippen molar-refractivity contribution in [1.29, 1.82) is 0 Å². The Hall–Kier alpha value is -1.57. The number of nitrogen functional groups attached to an aromatic ring is 1. The van der Waals surface area contributed by atoms with Gasteiger partial charge in [-0.05, 0) is 15.9 Å². The summed E-state index contributed by atoms with van der Waals surface area (Å²) in [6.45, 7) is 0.504. The molecule has 5 N–H and O–H groups in total. The van der Waals surface area contributed by atoms with Crippen molar-refractivity contribution < 1.29 is 9.53 Å². The Morgan fingerprint density at radius 1 is 1.60 bits per heavy atom. The molecule has 7 nitrogen and oxygen atoms in total. The number of carbonyl (C=O) groups excluding carboxylic acids is 1. The minimum Gasteiger partial charge on any atom is -0.448 e. The van der Waals surface area contributed by atoms with E-state index in [1.54, 1.807) is 6.07 Å². The molecular formula is C7H10BrN5O2. The van der Waals surface area contributed by atoms with E-state index in [0.717, 1.165) is 0 Å². The van der Waals surface area contributed by atoms with Crippen molar-refractivity contribution in [1.82, 2.24) is 9.97 Å². The number of primary amides is 1. The zero-order valence-electron chi connectivity index (χ0n) is 7.74. The molecule has 0 spiro atoms. The first kappa shape index (κ1) is 11.5. The molecule has 1 aromatic heterocycles. The predicted octanol–water partition coefficient (Wildman–Crippen LogP) is 0.329. The molecule has 0 saturated heterocycles. The smallest absolute Gasteiger partial charge is 0.404 e. The van der Waals surface area contributed by atoms with Gasteiger partial charge in [0.15, 0.2) is 0 Å². The summed E-state index contributed by atoms with van der Waals surface area (Å²) in [6, 6.07) is 1.57. The molecular weight excluding hydrogens is 266 g/mol. The highest BCUT2D eigenvalue weighted by Gasteiger charge is 2.00. The van der Waals surface area contributed by atoms with Crippen LogP contribution in [0, 0.1) is 0 Å². The highest BCUT2D eigenvalue weighted by atomic mass is 79.9. The minimum absolute atomic E-state index is 0.144. The lowest BCUT2D eigenvalue weighted by Gasteiger charge is -2.05. The van der Waals surface area contributed by atoms with Crippen molar-refractivity contribution in [3.63, 3.8) is 0 Å². The number of rotatable bonds is 4. The van der Waals surface area contributed by atoms with Gasteiger partial charge < -0.3 is 21.5 Å². The van der Waals surface area contributed by atoms with E-state index in [1.165, 1.54) is 0 Å². The molecule has 82 valence electrons. The van der Waals surface area contributed by atoms with Gasteiger partial charge >= 0.3 is 6.09 Å². The van der Waals surface area contributed by atoms with Crippen molar-refractivity contribution in [2.45, 2.75) is 0 Å². The zero-order valence-corrected chi connectivity index (χ0v) is 9.32. The molecule has 1 aromatic rings. The fourth-order valence-electron chi connectivity index (χ4n) is 0.829. The number of hydrogen-bond acceptors (Lipinski definition) is 6. The zero-order chi connectivity index (χ0) is 11.3. The minimum atomic E-state index is -0.813. The third-order valence-electron chi connectivity index (χ3n) is 1.34. The van der Waals surface area contributed by atoms with Crippen molar-refractivity contribution in [2.24, 2.45) is 5.73 Å². The molecule has 1 heterocycles. The number of ether oxygens (including phenoxy) is 1. The first-order valence-corrected chi connectivity index (χ1v) is 4.83. The lowest BCUT2D eigenvalue weighted by Crippen LogP contribution is -2.19. The Bertz CT molecular complexity index is 339. The van der Waals surface area contributed by atoms with Crippen LogP contribution < -0.4 is 16.8 Å². The third kappa shape index (κ3) is 4.45. The number of aromatic nitrogens is 2. The average Bonchev–Trinajstić information content (AvgIpc) is 2.10. The summed E-state index contributed by atoms with van der Waals surface area (Å²) in [4.78, 5) is 18.1. The maximum Gasteiger partial charge on any atom is 0.404 e. The number of amides is 1. The number of anilines is 2. The first-order valence-electron chi connectivity index (χ1n) is 4.04. The van der Waals surface area contributed by atoms with E-state index < -0.39 is 6.09 Å². The standard InChI is InChI=1S/C7H10BrN5O2/c8-4-3-5(9)13-7(12-4)11-1-2-15-6(10)14/h3H,1-2H2,(H2,10,14)(H3,9,11,12,13).